The molecule has 0 spiro atoms. The SMILES string of the molecule is CN(C(=O)c1ccc(C(C)(C)C)cc1)c1nnc(Cn2nnc3ccccc32)s1. The molecule has 0 aliphatic carbocycles. The second-order valence-corrected chi connectivity index (χ2v) is 8.95. The van der Waals surface area contributed by atoms with E-state index in [-0.39, 0.29) is 11.3 Å². The molecule has 0 bridgehead atoms. The summed E-state index contributed by atoms with van der Waals surface area (Å²) < 4.78 is 1.78. The van der Waals surface area contributed by atoms with E-state index in [1.807, 2.05) is 48.5 Å². The van der Waals surface area contributed by atoms with Crippen LogP contribution in [-0.2, 0) is 12.0 Å². The molecule has 0 radical (unpaired) electrons. The Morgan fingerprint density at radius 3 is 2.48 bits per heavy atom. The number of nitrogens with zero attached hydrogens (tertiary/aromatic N) is 6. The van der Waals surface area contributed by atoms with E-state index in [9.17, 15) is 4.79 Å². The zero-order valence-corrected chi connectivity index (χ0v) is 17.6. The minimum atomic E-state index is -0.112. The van der Waals surface area contributed by atoms with E-state index in [4.69, 9.17) is 0 Å². The van der Waals surface area contributed by atoms with Gasteiger partial charge in [-0.3, -0.25) is 9.69 Å². The zero-order chi connectivity index (χ0) is 20.6. The molecule has 0 saturated heterocycles. The summed E-state index contributed by atoms with van der Waals surface area (Å²) in [4.78, 5) is 14.4. The summed E-state index contributed by atoms with van der Waals surface area (Å²) in [5.41, 5.74) is 3.64. The Morgan fingerprint density at radius 1 is 1.03 bits per heavy atom. The standard InChI is InChI=1S/C21H22N6OS/c1-21(2,3)15-11-9-14(10-12-15)19(28)26(4)20-24-23-18(29-20)13-27-17-8-6-5-7-16(17)22-25-27/h5-12H,13H2,1-4H3. The summed E-state index contributed by atoms with van der Waals surface area (Å²) in [5.74, 6) is -0.112. The minimum absolute atomic E-state index is 0.0487. The van der Waals surface area contributed by atoms with Crippen LogP contribution in [0.3, 0.4) is 0 Å². The number of rotatable bonds is 4. The maximum atomic E-state index is 12.8. The monoisotopic (exact) mass is 406 g/mol. The molecular weight excluding hydrogens is 384 g/mol. The van der Waals surface area contributed by atoms with Crippen LogP contribution in [0.1, 0.15) is 41.7 Å². The van der Waals surface area contributed by atoms with E-state index < -0.39 is 0 Å². The van der Waals surface area contributed by atoms with Gasteiger partial charge < -0.3 is 0 Å². The maximum absolute atomic E-state index is 12.8. The van der Waals surface area contributed by atoms with E-state index in [1.165, 1.54) is 21.8 Å². The molecule has 0 unspecified atom stereocenters. The average molecular weight is 407 g/mol. The topological polar surface area (TPSA) is 76.8 Å². The number of anilines is 1. The van der Waals surface area contributed by atoms with E-state index >= 15 is 0 Å². The number of hydrogen-bond donors (Lipinski definition) is 0. The lowest BCUT2D eigenvalue weighted by molar-refractivity contribution is 0.0993. The Kier molecular flexibility index (Phi) is 4.87. The molecule has 1 amide bonds. The van der Waals surface area contributed by atoms with Crippen molar-refractivity contribution < 1.29 is 4.79 Å². The van der Waals surface area contributed by atoms with Crippen molar-refractivity contribution in [2.24, 2.45) is 0 Å². The number of hydrogen-bond acceptors (Lipinski definition) is 6. The third-order valence-electron chi connectivity index (χ3n) is 4.75. The maximum Gasteiger partial charge on any atom is 0.259 e. The molecule has 0 fully saturated rings. The lowest BCUT2D eigenvalue weighted by atomic mass is 9.86. The van der Waals surface area contributed by atoms with Gasteiger partial charge in [0.25, 0.3) is 5.91 Å². The first-order valence-electron chi connectivity index (χ1n) is 9.32. The van der Waals surface area contributed by atoms with Crippen LogP contribution < -0.4 is 4.90 Å². The lowest BCUT2D eigenvalue weighted by Gasteiger charge is -2.19. The van der Waals surface area contributed by atoms with Crippen molar-refractivity contribution >= 4 is 33.4 Å². The predicted molar refractivity (Wildman–Crippen MR) is 114 cm³/mol. The molecule has 0 aliphatic heterocycles. The van der Waals surface area contributed by atoms with Gasteiger partial charge in [-0.1, -0.05) is 61.6 Å². The lowest BCUT2D eigenvalue weighted by Crippen LogP contribution is -2.26. The van der Waals surface area contributed by atoms with Gasteiger partial charge in [-0.15, -0.1) is 15.3 Å². The van der Waals surface area contributed by atoms with Gasteiger partial charge >= 0.3 is 0 Å². The van der Waals surface area contributed by atoms with Crippen LogP contribution in [0.4, 0.5) is 5.13 Å². The van der Waals surface area contributed by atoms with Gasteiger partial charge in [0.05, 0.1) is 12.1 Å². The van der Waals surface area contributed by atoms with Crippen LogP contribution in [0.15, 0.2) is 48.5 Å². The molecule has 2 heterocycles. The Morgan fingerprint density at radius 2 is 1.76 bits per heavy atom. The van der Waals surface area contributed by atoms with Crippen LogP contribution in [-0.4, -0.2) is 38.1 Å². The first kappa shape index (κ1) is 19.2. The summed E-state index contributed by atoms with van der Waals surface area (Å²) in [6.07, 6.45) is 0. The number of amides is 1. The molecule has 8 heteroatoms. The summed E-state index contributed by atoms with van der Waals surface area (Å²) in [7, 11) is 1.72. The third kappa shape index (κ3) is 3.88. The molecule has 29 heavy (non-hydrogen) atoms. The van der Waals surface area contributed by atoms with Crippen molar-refractivity contribution in [3.05, 3.63) is 64.7 Å². The molecule has 0 N–H and O–H groups in total. The Labute approximate surface area is 173 Å². The number of benzene rings is 2. The van der Waals surface area contributed by atoms with Gasteiger partial charge in [0.2, 0.25) is 5.13 Å². The number of para-hydroxylation sites is 1. The van der Waals surface area contributed by atoms with E-state index in [0.29, 0.717) is 17.2 Å². The second-order valence-electron chi connectivity index (χ2n) is 7.91. The summed E-state index contributed by atoms with van der Waals surface area (Å²) in [5, 5.41) is 18.1. The van der Waals surface area contributed by atoms with Crippen molar-refractivity contribution in [1.29, 1.82) is 0 Å². The number of aromatic nitrogens is 5. The highest BCUT2D eigenvalue weighted by Crippen LogP contribution is 2.25. The minimum Gasteiger partial charge on any atom is -0.286 e. The van der Waals surface area contributed by atoms with Crippen LogP contribution in [0.5, 0.6) is 0 Å². The smallest absolute Gasteiger partial charge is 0.259 e. The van der Waals surface area contributed by atoms with Crippen LogP contribution in [0.2, 0.25) is 0 Å². The predicted octanol–water partition coefficient (Wildman–Crippen LogP) is 3.91. The highest BCUT2D eigenvalue weighted by molar-refractivity contribution is 7.15. The zero-order valence-electron chi connectivity index (χ0n) is 16.8. The average Bonchev–Trinajstić information content (AvgIpc) is 3.34. The normalized spacial score (nSPS) is 11.7. The quantitative estimate of drug-likeness (QED) is 0.514. The Hall–Kier alpha value is -3.13. The molecule has 7 nitrogen and oxygen atoms in total. The highest BCUT2D eigenvalue weighted by atomic mass is 32.1. The third-order valence-corrected chi connectivity index (χ3v) is 5.74. The van der Waals surface area contributed by atoms with Gasteiger partial charge in [-0.05, 0) is 35.2 Å². The fourth-order valence-corrected chi connectivity index (χ4v) is 3.78. The summed E-state index contributed by atoms with van der Waals surface area (Å²) >= 11 is 1.37. The van der Waals surface area contributed by atoms with E-state index in [0.717, 1.165) is 16.0 Å². The van der Waals surface area contributed by atoms with Gasteiger partial charge in [0.15, 0.2) is 0 Å². The molecule has 2 aromatic heterocycles. The molecule has 0 saturated carbocycles. The summed E-state index contributed by atoms with van der Waals surface area (Å²) in [6.45, 7) is 6.91. The van der Waals surface area contributed by atoms with Gasteiger partial charge in [-0.2, -0.15) is 0 Å². The van der Waals surface area contributed by atoms with Crippen molar-refractivity contribution in [3.63, 3.8) is 0 Å². The van der Waals surface area contributed by atoms with Gasteiger partial charge in [-0.25, -0.2) is 4.68 Å². The van der Waals surface area contributed by atoms with Crippen molar-refractivity contribution in [2.45, 2.75) is 32.7 Å². The van der Waals surface area contributed by atoms with E-state index in [2.05, 4.69) is 41.3 Å². The molecule has 148 valence electrons. The molecular formula is C21H22N6OS. The van der Waals surface area contributed by atoms with Crippen LogP contribution in [0.25, 0.3) is 11.0 Å². The Bertz CT molecular complexity index is 1160. The van der Waals surface area contributed by atoms with Gasteiger partial charge in [0.1, 0.15) is 10.5 Å². The summed E-state index contributed by atoms with van der Waals surface area (Å²) in [6, 6.07) is 15.5. The number of fused-ring (bicyclic) bond motifs is 1. The van der Waals surface area contributed by atoms with Gasteiger partial charge in [0, 0.05) is 12.6 Å². The molecule has 2 aromatic carbocycles. The number of carbonyl (C=O) groups is 1. The molecule has 0 atom stereocenters. The largest absolute Gasteiger partial charge is 0.286 e. The molecule has 0 aliphatic rings. The molecule has 4 rings (SSSR count). The fourth-order valence-electron chi connectivity index (χ4n) is 3.00. The first-order chi connectivity index (χ1) is 13.8. The fraction of sp³-hybridized carbons (Fsp3) is 0.286. The van der Waals surface area contributed by atoms with Crippen molar-refractivity contribution in [3.8, 4) is 0 Å². The Balaban J connectivity index is 1.50. The number of carbonyl (C=O) groups excluding carboxylic acids is 1. The van der Waals surface area contributed by atoms with Crippen molar-refractivity contribution in [1.82, 2.24) is 25.2 Å². The van der Waals surface area contributed by atoms with E-state index in [1.54, 1.807) is 11.7 Å². The highest BCUT2D eigenvalue weighted by Gasteiger charge is 2.20. The molecule has 4 aromatic rings. The van der Waals surface area contributed by atoms with Crippen molar-refractivity contribution in [2.75, 3.05) is 11.9 Å². The second kappa shape index (κ2) is 7.36. The first-order valence-corrected chi connectivity index (χ1v) is 10.1. The van der Waals surface area contributed by atoms with Crippen LogP contribution >= 0.6 is 11.3 Å². The van der Waals surface area contributed by atoms with Crippen LogP contribution in [0, 0.1) is 0 Å².